The largest absolute Gasteiger partial charge is 0.381 e. The van der Waals surface area contributed by atoms with Crippen molar-refractivity contribution < 1.29 is 4.74 Å². The molecule has 0 aromatic rings. The Hall–Kier alpha value is -0.120. The second kappa shape index (κ2) is 7.61. The third-order valence-electron chi connectivity index (χ3n) is 5.20. The summed E-state index contributed by atoms with van der Waals surface area (Å²) in [5.74, 6) is 0.749. The number of hydrogen-bond donors (Lipinski definition) is 1. The second-order valence-corrected chi connectivity index (χ2v) is 6.86. The summed E-state index contributed by atoms with van der Waals surface area (Å²) >= 11 is 0. The fraction of sp³-hybridized carbons (Fsp3) is 1.00. The Morgan fingerprint density at radius 1 is 1.21 bits per heavy atom. The highest BCUT2D eigenvalue weighted by atomic mass is 16.5. The molecule has 19 heavy (non-hydrogen) atoms. The van der Waals surface area contributed by atoms with Crippen LogP contribution in [-0.2, 0) is 4.74 Å². The fourth-order valence-corrected chi connectivity index (χ4v) is 3.77. The molecule has 3 heteroatoms. The molecule has 0 spiro atoms. The molecular formula is C16H32N2O. The van der Waals surface area contributed by atoms with E-state index in [0.717, 1.165) is 25.7 Å². The average molecular weight is 268 g/mol. The van der Waals surface area contributed by atoms with E-state index < -0.39 is 0 Å². The van der Waals surface area contributed by atoms with E-state index in [9.17, 15) is 0 Å². The third-order valence-corrected chi connectivity index (χ3v) is 5.20. The SMILES string of the molecule is CN(CCC1(CN)CCCCC1)CC1CCCOC1. The zero-order chi connectivity index (χ0) is 13.6. The van der Waals surface area contributed by atoms with Crippen LogP contribution in [-0.4, -0.2) is 44.8 Å². The van der Waals surface area contributed by atoms with E-state index in [0.29, 0.717) is 5.41 Å². The van der Waals surface area contributed by atoms with E-state index in [1.807, 2.05) is 0 Å². The standard InChI is InChI=1S/C16H32N2O/c1-18(12-15-6-5-11-19-13-15)10-9-16(14-17)7-3-2-4-8-16/h15H,2-14,17H2,1H3. The molecule has 0 aromatic carbocycles. The molecule has 1 atom stereocenters. The summed E-state index contributed by atoms with van der Waals surface area (Å²) in [6, 6.07) is 0. The molecule has 2 aliphatic rings. The molecule has 1 aliphatic carbocycles. The van der Waals surface area contributed by atoms with Crippen LogP contribution in [0.4, 0.5) is 0 Å². The van der Waals surface area contributed by atoms with Crippen molar-refractivity contribution in [3.8, 4) is 0 Å². The molecule has 1 aliphatic heterocycles. The Balaban J connectivity index is 1.70. The molecule has 0 amide bonds. The lowest BCUT2D eigenvalue weighted by atomic mass is 9.72. The highest BCUT2D eigenvalue weighted by Crippen LogP contribution is 2.38. The molecule has 2 fully saturated rings. The third kappa shape index (κ3) is 4.73. The van der Waals surface area contributed by atoms with Gasteiger partial charge < -0.3 is 15.4 Å². The lowest BCUT2D eigenvalue weighted by Gasteiger charge is -2.38. The summed E-state index contributed by atoms with van der Waals surface area (Å²) in [4.78, 5) is 2.51. The number of rotatable bonds is 6. The second-order valence-electron chi connectivity index (χ2n) is 6.86. The molecule has 0 bridgehead atoms. The minimum atomic E-state index is 0.454. The van der Waals surface area contributed by atoms with Crippen LogP contribution in [0.3, 0.4) is 0 Å². The number of nitrogens with two attached hydrogens (primary N) is 1. The number of ether oxygens (including phenoxy) is 1. The normalized spacial score (nSPS) is 27.6. The minimum absolute atomic E-state index is 0.454. The molecule has 2 rings (SSSR count). The lowest BCUT2D eigenvalue weighted by molar-refractivity contribution is 0.0394. The van der Waals surface area contributed by atoms with Gasteiger partial charge in [0.05, 0.1) is 6.61 Å². The van der Waals surface area contributed by atoms with Crippen LogP contribution in [0, 0.1) is 11.3 Å². The molecule has 1 unspecified atom stereocenters. The molecule has 0 radical (unpaired) electrons. The van der Waals surface area contributed by atoms with Crippen LogP contribution in [0.25, 0.3) is 0 Å². The van der Waals surface area contributed by atoms with Crippen LogP contribution in [0.5, 0.6) is 0 Å². The van der Waals surface area contributed by atoms with Crippen LogP contribution < -0.4 is 5.73 Å². The van der Waals surface area contributed by atoms with Crippen LogP contribution in [0.1, 0.15) is 51.4 Å². The topological polar surface area (TPSA) is 38.5 Å². The first-order valence-electron chi connectivity index (χ1n) is 8.20. The van der Waals surface area contributed by atoms with Gasteiger partial charge in [-0.3, -0.25) is 0 Å². The highest BCUT2D eigenvalue weighted by Gasteiger charge is 2.30. The molecular weight excluding hydrogens is 236 g/mol. The average Bonchev–Trinajstić information content (AvgIpc) is 2.47. The van der Waals surface area contributed by atoms with Crippen molar-refractivity contribution in [1.29, 1.82) is 0 Å². The Morgan fingerprint density at radius 2 is 2.00 bits per heavy atom. The Kier molecular flexibility index (Phi) is 6.11. The van der Waals surface area contributed by atoms with Crippen molar-refractivity contribution >= 4 is 0 Å². The fourth-order valence-electron chi connectivity index (χ4n) is 3.77. The summed E-state index contributed by atoms with van der Waals surface area (Å²) in [5.41, 5.74) is 6.52. The van der Waals surface area contributed by atoms with Crippen LogP contribution in [0.15, 0.2) is 0 Å². The van der Waals surface area contributed by atoms with Gasteiger partial charge in [0, 0.05) is 13.2 Å². The van der Waals surface area contributed by atoms with Gasteiger partial charge in [0.2, 0.25) is 0 Å². The molecule has 1 saturated carbocycles. The van der Waals surface area contributed by atoms with Crippen molar-refractivity contribution in [2.24, 2.45) is 17.1 Å². The van der Waals surface area contributed by atoms with Gasteiger partial charge in [-0.2, -0.15) is 0 Å². The molecule has 0 aromatic heterocycles. The smallest absolute Gasteiger partial charge is 0.0506 e. The van der Waals surface area contributed by atoms with E-state index in [4.69, 9.17) is 10.5 Å². The first kappa shape index (κ1) is 15.3. The Morgan fingerprint density at radius 3 is 2.63 bits per heavy atom. The van der Waals surface area contributed by atoms with Crippen molar-refractivity contribution in [2.75, 3.05) is 39.9 Å². The van der Waals surface area contributed by atoms with Gasteiger partial charge in [-0.05, 0) is 63.6 Å². The zero-order valence-electron chi connectivity index (χ0n) is 12.7. The Labute approximate surface area is 118 Å². The van der Waals surface area contributed by atoms with Gasteiger partial charge in [0.15, 0.2) is 0 Å². The van der Waals surface area contributed by atoms with Crippen molar-refractivity contribution in [3.05, 3.63) is 0 Å². The molecule has 2 N–H and O–H groups in total. The van der Waals surface area contributed by atoms with E-state index >= 15 is 0 Å². The maximum atomic E-state index is 6.07. The minimum Gasteiger partial charge on any atom is -0.381 e. The van der Waals surface area contributed by atoms with Crippen LogP contribution in [0.2, 0.25) is 0 Å². The van der Waals surface area contributed by atoms with Crippen molar-refractivity contribution in [1.82, 2.24) is 4.90 Å². The predicted molar refractivity (Wildman–Crippen MR) is 80.2 cm³/mol. The van der Waals surface area contributed by atoms with Crippen molar-refractivity contribution in [2.45, 2.75) is 51.4 Å². The first-order valence-corrected chi connectivity index (χ1v) is 8.20. The molecule has 1 saturated heterocycles. The van der Waals surface area contributed by atoms with Gasteiger partial charge in [0.25, 0.3) is 0 Å². The van der Waals surface area contributed by atoms with Gasteiger partial charge in [-0.1, -0.05) is 19.3 Å². The first-order chi connectivity index (χ1) is 9.24. The van der Waals surface area contributed by atoms with Gasteiger partial charge in [-0.25, -0.2) is 0 Å². The van der Waals surface area contributed by atoms with E-state index in [-0.39, 0.29) is 0 Å². The van der Waals surface area contributed by atoms with Gasteiger partial charge >= 0.3 is 0 Å². The molecule has 1 heterocycles. The maximum absolute atomic E-state index is 6.07. The zero-order valence-corrected chi connectivity index (χ0v) is 12.7. The number of hydrogen-bond acceptors (Lipinski definition) is 3. The molecule has 3 nitrogen and oxygen atoms in total. The quantitative estimate of drug-likeness (QED) is 0.805. The summed E-state index contributed by atoms with van der Waals surface area (Å²) in [6.07, 6.45) is 10.8. The van der Waals surface area contributed by atoms with Crippen LogP contribution >= 0.6 is 0 Å². The monoisotopic (exact) mass is 268 g/mol. The lowest BCUT2D eigenvalue weighted by Crippen LogP contribution is -2.38. The summed E-state index contributed by atoms with van der Waals surface area (Å²) in [7, 11) is 2.27. The van der Waals surface area contributed by atoms with E-state index in [2.05, 4.69) is 11.9 Å². The maximum Gasteiger partial charge on any atom is 0.0506 e. The Bertz CT molecular complexity index is 245. The van der Waals surface area contributed by atoms with Gasteiger partial charge in [0.1, 0.15) is 0 Å². The summed E-state index contributed by atoms with van der Waals surface area (Å²) in [5, 5.41) is 0. The summed E-state index contributed by atoms with van der Waals surface area (Å²) in [6.45, 7) is 5.21. The van der Waals surface area contributed by atoms with Gasteiger partial charge in [-0.15, -0.1) is 0 Å². The summed E-state index contributed by atoms with van der Waals surface area (Å²) < 4.78 is 5.57. The molecule has 112 valence electrons. The van der Waals surface area contributed by atoms with E-state index in [1.54, 1.807) is 0 Å². The highest BCUT2D eigenvalue weighted by molar-refractivity contribution is 4.84. The van der Waals surface area contributed by atoms with E-state index in [1.165, 1.54) is 64.5 Å². The predicted octanol–water partition coefficient (Wildman–Crippen LogP) is 2.64. The van der Waals surface area contributed by atoms with Crippen molar-refractivity contribution in [3.63, 3.8) is 0 Å². The number of nitrogens with zero attached hydrogens (tertiary/aromatic N) is 1.